The first-order chi connectivity index (χ1) is 9.56. The highest BCUT2D eigenvalue weighted by Crippen LogP contribution is 2.23. The minimum Gasteiger partial charge on any atom is -0.377 e. The first kappa shape index (κ1) is 15.2. The van der Waals surface area contributed by atoms with Gasteiger partial charge >= 0.3 is 0 Å². The number of Topliss-reactive ketones (excluding diaryl/α,β-unsaturated/α-hetero) is 1. The van der Waals surface area contributed by atoms with Crippen molar-refractivity contribution in [3.63, 3.8) is 0 Å². The zero-order valence-corrected chi connectivity index (χ0v) is 12.8. The molecule has 0 aliphatic heterocycles. The van der Waals surface area contributed by atoms with Gasteiger partial charge in [-0.05, 0) is 57.4 Å². The number of fused-ring (bicyclic) bond motifs is 1. The van der Waals surface area contributed by atoms with E-state index in [1.165, 1.54) is 17.5 Å². The first-order valence-electron chi connectivity index (χ1n) is 7.51. The van der Waals surface area contributed by atoms with Crippen molar-refractivity contribution in [2.75, 3.05) is 26.7 Å². The molecular weight excluding hydrogens is 250 g/mol. The largest absolute Gasteiger partial charge is 0.377 e. The van der Waals surface area contributed by atoms with Gasteiger partial charge in [0.1, 0.15) is 0 Å². The molecule has 0 radical (unpaired) electrons. The van der Waals surface area contributed by atoms with Crippen LogP contribution in [0.25, 0.3) is 0 Å². The highest BCUT2D eigenvalue weighted by Gasteiger charge is 2.15. The number of carbonyl (C=O) groups is 1. The molecule has 0 unspecified atom stereocenters. The van der Waals surface area contributed by atoms with Gasteiger partial charge in [-0.1, -0.05) is 12.1 Å². The van der Waals surface area contributed by atoms with E-state index in [0.29, 0.717) is 13.2 Å². The molecule has 1 aliphatic rings. The molecule has 1 aromatic carbocycles. The Morgan fingerprint density at radius 1 is 1.30 bits per heavy atom. The molecular formula is C17H25NO2. The summed E-state index contributed by atoms with van der Waals surface area (Å²) in [7, 11) is 1.97. The van der Waals surface area contributed by atoms with Gasteiger partial charge < -0.3 is 4.74 Å². The summed E-state index contributed by atoms with van der Waals surface area (Å²) in [5, 5.41) is 0. The van der Waals surface area contributed by atoms with E-state index in [0.717, 1.165) is 24.9 Å². The van der Waals surface area contributed by atoms with Gasteiger partial charge in [0.2, 0.25) is 0 Å². The molecule has 0 N–H and O–H groups in total. The van der Waals surface area contributed by atoms with Crippen LogP contribution < -0.4 is 0 Å². The second-order valence-corrected chi connectivity index (χ2v) is 5.92. The second-order valence-electron chi connectivity index (χ2n) is 5.92. The molecule has 0 atom stereocenters. The van der Waals surface area contributed by atoms with E-state index in [1.807, 2.05) is 31.9 Å². The standard InChI is InChI=1S/C17H25NO2/c1-13(2)20-10-9-18(3)12-17(19)16-8-7-14-5-4-6-15(14)11-16/h7-8,11,13H,4-6,9-10,12H2,1-3H3. The molecule has 0 fully saturated rings. The van der Waals surface area contributed by atoms with Crippen molar-refractivity contribution < 1.29 is 9.53 Å². The Balaban J connectivity index is 1.85. The van der Waals surface area contributed by atoms with Crippen LogP contribution in [-0.4, -0.2) is 43.5 Å². The van der Waals surface area contributed by atoms with Crippen LogP contribution in [0.15, 0.2) is 18.2 Å². The third kappa shape index (κ3) is 4.15. The molecule has 1 aromatic rings. The number of ketones is 1. The van der Waals surface area contributed by atoms with Crippen molar-refractivity contribution in [3.8, 4) is 0 Å². The van der Waals surface area contributed by atoms with Crippen LogP contribution in [0.4, 0.5) is 0 Å². The van der Waals surface area contributed by atoms with E-state index in [2.05, 4.69) is 12.1 Å². The lowest BCUT2D eigenvalue weighted by Gasteiger charge is -2.17. The highest BCUT2D eigenvalue weighted by molar-refractivity contribution is 5.97. The summed E-state index contributed by atoms with van der Waals surface area (Å²) in [6.07, 6.45) is 3.75. The Bertz CT molecular complexity index is 468. The Morgan fingerprint density at radius 3 is 2.80 bits per heavy atom. The van der Waals surface area contributed by atoms with Crippen LogP contribution >= 0.6 is 0 Å². The fraction of sp³-hybridized carbons (Fsp3) is 0.588. The summed E-state index contributed by atoms with van der Waals surface area (Å²) in [6, 6.07) is 6.19. The third-order valence-corrected chi connectivity index (χ3v) is 3.76. The number of hydrogen-bond donors (Lipinski definition) is 0. The maximum absolute atomic E-state index is 12.3. The van der Waals surface area contributed by atoms with E-state index in [9.17, 15) is 4.79 Å². The van der Waals surface area contributed by atoms with Crippen LogP contribution in [0, 0.1) is 0 Å². The molecule has 20 heavy (non-hydrogen) atoms. The molecule has 3 nitrogen and oxygen atoms in total. The first-order valence-corrected chi connectivity index (χ1v) is 7.51. The number of ether oxygens (including phenoxy) is 1. The van der Waals surface area contributed by atoms with Gasteiger partial charge in [0.15, 0.2) is 5.78 Å². The van der Waals surface area contributed by atoms with E-state index in [4.69, 9.17) is 4.74 Å². The van der Waals surface area contributed by atoms with Gasteiger partial charge in [0, 0.05) is 12.1 Å². The Morgan fingerprint density at radius 2 is 2.05 bits per heavy atom. The Hall–Kier alpha value is -1.19. The molecule has 0 spiro atoms. The third-order valence-electron chi connectivity index (χ3n) is 3.76. The molecule has 0 amide bonds. The lowest BCUT2D eigenvalue weighted by atomic mass is 10.0. The average molecular weight is 275 g/mol. The maximum Gasteiger partial charge on any atom is 0.176 e. The predicted octanol–water partition coefficient (Wildman–Crippen LogP) is 2.71. The molecule has 0 heterocycles. The number of nitrogens with zero attached hydrogens (tertiary/aromatic N) is 1. The molecule has 1 aliphatic carbocycles. The number of hydrogen-bond acceptors (Lipinski definition) is 3. The zero-order chi connectivity index (χ0) is 14.5. The van der Waals surface area contributed by atoms with Crippen LogP contribution in [0.3, 0.4) is 0 Å². The summed E-state index contributed by atoms with van der Waals surface area (Å²) >= 11 is 0. The van der Waals surface area contributed by atoms with Crippen molar-refractivity contribution in [1.29, 1.82) is 0 Å². The summed E-state index contributed by atoms with van der Waals surface area (Å²) in [4.78, 5) is 14.3. The number of carbonyl (C=O) groups excluding carboxylic acids is 1. The van der Waals surface area contributed by atoms with Crippen LogP contribution in [-0.2, 0) is 17.6 Å². The number of rotatable bonds is 7. The Labute approximate surface area is 121 Å². The minimum absolute atomic E-state index is 0.201. The molecule has 2 rings (SSSR count). The van der Waals surface area contributed by atoms with Gasteiger partial charge in [-0.15, -0.1) is 0 Å². The maximum atomic E-state index is 12.3. The predicted molar refractivity (Wildman–Crippen MR) is 81.4 cm³/mol. The van der Waals surface area contributed by atoms with Gasteiger partial charge in [0.25, 0.3) is 0 Å². The molecule has 0 saturated heterocycles. The lowest BCUT2D eigenvalue weighted by Crippen LogP contribution is -2.30. The van der Waals surface area contributed by atoms with Crippen molar-refractivity contribution in [3.05, 3.63) is 34.9 Å². The fourth-order valence-electron chi connectivity index (χ4n) is 2.61. The number of benzene rings is 1. The molecule has 0 saturated carbocycles. The summed E-state index contributed by atoms with van der Waals surface area (Å²) in [5.41, 5.74) is 3.63. The average Bonchev–Trinajstić information content (AvgIpc) is 2.85. The molecule has 3 heteroatoms. The second kappa shape index (κ2) is 7.00. The molecule has 0 aromatic heterocycles. The van der Waals surface area contributed by atoms with Gasteiger partial charge in [0.05, 0.1) is 19.3 Å². The molecule has 0 bridgehead atoms. The minimum atomic E-state index is 0.201. The van der Waals surface area contributed by atoms with E-state index < -0.39 is 0 Å². The zero-order valence-electron chi connectivity index (χ0n) is 12.8. The van der Waals surface area contributed by atoms with Crippen LogP contribution in [0.2, 0.25) is 0 Å². The normalized spacial score (nSPS) is 14.1. The smallest absolute Gasteiger partial charge is 0.176 e. The van der Waals surface area contributed by atoms with Crippen LogP contribution in [0.1, 0.15) is 41.8 Å². The summed E-state index contributed by atoms with van der Waals surface area (Å²) in [5.74, 6) is 0.201. The van der Waals surface area contributed by atoms with E-state index in [-0.39, 0.29) is 11.9 Å². The van der Waals surface area contributed by atoms with Crippen molar-refractivity contribution in [2.45, 2.75) is 39.2 Å². The summed E-state index contributed by atoms with van der Waals surface area (Å²) < 4.78 is 5.51. The van der Waals surface area contributed by atoms with Crippen molar-refractivity contribution in [1.82, 2.24) is 4.90 Å². The van der Waals surface area contributed by atoms with E-state index in [1.54, 1.807) is 0 Å². The highest BCUT2D eigenvalue weighted by atomic mass is 16.5. The van der Waals surface area contributed by atoms with E-state index >= 15 is 0 Å². The summed E-state index contributed by atoms with van der Waals surface area (Å²) in [6.45, 7) is 5.96. The Kier molecular flexibility index (Phi) is 5.32. The monoisotopic (exact) mass is 275 g/mol. The topological polar surface area (TPSA) is 29.5 Å². The van der Waals surface area contributed by atoms with Crippen molar-refractivity contribution in [2.24, 2.45) is 0 Å². The number of aryl methyl sites for hydroxylation is 2. The van der Waals surface area contributed by atoms with Gasteiger partial charge in [-0.3, -0.25) is 9.69 Å². The molecule has 110 valence electrons. The van der Waals surface area contributed by atoms with Gasteiger partial charge in [-0.25, -0.2) is 0 Å². The number of likely N-dealkylation sites (N-methyl/N-ethyl adjacent to an activating group) is 1. The van der Waals surface area contributed by atoms with Crippen LogP contribution in [0.5, 0.6) is 0 Å². The lowest BCUT2D eigenvalue weighted by molar-refractivity contribution is 0.0619. The quantitative estimate of drug-likeness (QED) is 0.717. The fourth-order valence-corrected chi connectivity index (χ4v) is 2.61. The SMILES string of the molecule is CC(C)OCCN(C)CC(=O)c1ccc2c(c1)CCC2. The van der Waals surface area contributed by atoms with Gasteiger partial charge in [-0.2, -0.15) is 0 Å². The van der Waals surface area contributed by atoms with Crippen molar-refractivity contribution >= 4 is 5.78 Å².